The molecule has 0 aromatic carbocycles. The first-order chi connectivity index (χ1) is 10.7. The molecule has 3 rings (SSSR count). The molecule has 0 spiro atoms. The molecule has 0 atom stereocenters. The summed E-state index contributed by atoms with van der Waals surface area (Å²) >= 11 is 1.24. The van der Waals surface area contributed by atoms with Gasteiger partial charge in [-0.25, -0.2) is 4.79 Å². The van der Waals surface area contributed by atoms with E-state index in [0.717, 1.165) is 17.7 Å². The Kier molecular flexibility index (Phi) is 5.58. The fraction of sp³-hybridized carbons (Fsp3) is 0.625. The molecule has 1 saturated heterocycles. The predicted octanol–water partition coefficient (Wildman–Crippen LogP) is -1.01. The van der Waals surface area contributed by atoms with Gasteiger partial charge in [0.25, 0.3) is 0 Å². The largest absolute Gasteiger partial charge is 1.00 e. The molecule has 1 aliphatic carbocycles. The Morgan fingerprint density at radius 3 is 2.42 bits per heavy atom. The summed E-state index contributed by atoms with van der Waals surface area (Å²) in [5.74, 6) is -0.374. The van der Waals surface area contributed by atoms with Crippen molar-refractivity contribution in [2.75, 3.05) is 13.1 Å². The van der Waals surface area contributed by atoms with Gasteiger partial charge in [0, 0.05) is 4.88 Å². The molecule has 6 nitrogen and oxygen atoms in total. The molecule has 2 aliphatic rings. The summed E-state index contributed by atoms with van der Waals surface area (Å²) in [7, 11) is 0. The average molecular weight is 345 g/mol. The van der Waals surface area contributed by atoms with Crippen LogP contribution in [0.3, 0.4) is 0 Å². The molecular weight excluding hydrogens is 325 g/mol. The van der Waals surface area contributed by atoms with Gasteiger partial charge in [-0.3, -0.25) is 0 Å². The minimum Gasteiger partial charge on any atom is -0.544 e. The molecule has 0 unspecified atom stereocenters. The summed E-state index contributed by atoms with van der Waals surface area (Å²) in [6.45, 7) is 6.24. The van der Waals surface area contributed by atoms with Crippen molar-refractivity contribution >= 4 is 23.4 Å². The van der Waals surface area contributed by atoms with Gasteiger partial charge in [0.1, 0.15) is 17.5 Å². The topological polar surface area (TPSA) is 78.9 Å². The number of carbonyl (C=O) groups excluding carboxylic acids is 2. The van der Waals surface area contributed by atoms with Crippen molar-refractivity contribution < 1.29 is 43.0 Å². The van der Waals surface area contributed by atoms with Crippen LogP contribution >= 0.6 is 11.3 Å². The number of aromatic carboxylic acids is 1. The molecular formula is C16H20LiNO5S. The number of rotatable bonds is 4. The number of hydrogen-bond donors (Lipinski definition) is 0. The summed E-state index contributed by atoms with van der Waals surface area (Å²) in [6, 6.07) is 1.81. The number of ether oxygens (including phenoxy) is 2. The van der Waals surface area contributed by atoms with Gasteiger partial charge in [0.05, 0.1) is 23.9 Å². The Hall–Kier alpha value is -1.16. The van der Waals surface area contributed by atoms with Crippen LogP contribution in [0.1, 0.15) is 54.1 Å². The third kappa shape index (κ3) is 4.47. The zero-order chi connectivity index (χ0) is 16.8. The van der Waals surface area contributed by atoms with Crippen molar-refractivity contribution in [2.24, 2.45) is 0 Å². The predicted molar refractivity (Wildman–Crippen MR) is 82.8 cm³/mol. The first kappa shape index (κ1) is 19.2. The third-order valence-electron chi connectivity index (χ3n) is 3.68. The second-order valence-electron chi connectivity index (χ2n) is 7.03. The maximum absolute atomic E-state index is 11.9. The summed E-state index contributed by atoms with van der Waals surface area (Å²) in [5, 5.41) is 11.2. The Labute approximate surface area is 157 Å². The number of thiophene rings is 1. The number of hydrogen-bond acceptors (Lipinski definition) is 6. The normalized spacial score (nSPS) is 17.7. The monoisotopic (exact) mass is 345 g/mol. The SMILES string of the molecule is CC(C)(C)OC(=O)N1CC(Oc2cc(C3CC3)sc2C(=O)[O-])C1.[Li+]. The molecule has 1 aromatic rings. The quantitative estimate of drug-likeness (QED) is 0.654. The molecule has 1 aromatic heterocycles. The molecule has 2 fully saturated rings. The smallest absolute Gasteiger partial charge is 0.544 e. The maximum atomic E-state index is 11.9. The van der Waals surface area contributed by atoms with E-state index in [1.165, 1.54) is 11.3 Å². The minimum absolute atomic E-state index is 0. The fourth-order valence-electron chi connectivity index (χ4n) is 2.36. The fourth-order valence-corrected chi connectivity index (χ4v) is 3.45. The molecule has 8 heteroatoms. The number of carboxylic acids is 1. The van der Waals surface area contributed by atoms with Crippen LogP contribution in [0, 0.1) is 0 Å². The van der Waals surface area contributed by atoms with Crippen LogP contribution < -0.4 is 28.7 Å². The molecule has 2 heterocycles. The van der Waals surface area contributed by atoms with Crippen molar-refractivity contribution in [1.82, 2.24) is 4.90 Å². The van der Waals surface area contributed by atoms with Gasteiger partial charge in [-0.1, -0.05) is 0 Å². The molecule has 1 saturated carbocycles. The summed E-state index contributed by atoms with van der Waals surface area (Å²) in [4.78, 5) is 25.8. The Morgan fingerprint density at radius 2 is 1.92 bits per heavy atom. The Bertz CT molecular complexity index is 629. The number of likely N-dealkylation sites (tertiary alicyclic amines) is 1. The second kappa shape index (κ2) is 6.99. The van der Waals surface area contributed by atoms with Gasteiger partial charge in [-0.05, 0) is 45.6 Å². The number of carbonyl (C=O) groups is 2. The number of carboxylic acid groups (broad SMARTS) is 1. The van der Waals surface area contributed by atoms with Crippen molar-refractivity contribution in [3.05, 3.63) is 15.8 Å². The van der Waals surface area contributed by atoms with Gasteiger partial charge in [-0.2, -0.15) is 0 Å². The van der Waals surface area contributed by atoms with Crippen LogP contribution in [-0.4, -0.2) is 41.8 Å². The van der Waals surface area contributed by atoms with E-state index in [1.54, 1.807) is 4.90 Å². The van der Waals surface area contributed by atoms with Gasteiger partial charge in [-0.15, -0.1) is 11.3 Å². The van der Waals surface area contributed by atoms with Gasteiger partial charge in [0.15, 0.2) is 0 Å². The van der Waals surface area contributed by atoms with E-state index in [9.17, 15) is 14.7 Å². The van der Waals surface area contributed by atoms with Gasteiger partial charge >= 0.3 is 25.0 Å². The number of nitrogens with zero attached hydrogens (tertiary/aromatic N) is 1. The van der Waals surface area contributed by atoms with Gasteiger partial charge < -0.3 is 24.3 Å². The van der Waals surface area contributed by atoms with E-state index in [0.29, 0.717) is 24.8 Å². The van der Waals surface area contributed by atoms with Crippen molar-refractivity contribution in [3.8, 4) is 5.75 Å². The summed E-state index contributed by atoms with van der Waals surface area (Å²) in [5.41, 5.74) is -0.530. The van der Waals surface area contributed by atoms with Crippen LogP contribution in [0.25, 0.3) is 0 Å². The zero-order valence-electron chi connectivity index (χ0n) is 14.5. The van der Waals surface area contributed by atoms with Crippen molar-refractivity contribution in [2.45, 2.75) is 51.2 Å². The minimum atomic E-state index is -1.21. The van der Waals surface area contributed by atoms with Gasteiger partial charge in [0.2, 0.25) is 0 Å². The maximum Gasteiger partial charge on any atom is 1.00 e. The first-order valence-electron chi connectivity index (χ1n) is 7.72. The van der Waals surface area contributed by atoms with Crippen LogP contribution in [0.5, 0.6) is 5.75 Å². The molecule has 24 heavy (non-hydrogen) atoms. The molecule has 1 aliphatic heterocycles. The Balaban J connectivity index is 0.00000208. The summed E-state index contributed by atoms with van der Waals surface area (Å²) in [6.07, 6.45) is 1.62. The van der Waals surface area contributed by atoms with Crippen molar-refractivity contribution in [1.29, 1.82) is 0 Å². The van der Waals surface area contributed by atoms with E-state index in [2.05, 4.69) is 0 Å². The first-order valence-corrected chi connectivity index (χ1v) is 8.54. The third-order valence-corrected chi connectivity index (χ3v) is 4.93. The van der Waals surface area contributed by atoms with Crippen LogP contribution in [-0.2, 0) is 4.74 Å². The van der Waals surface area contributed by atoms with Crippen molar-refractivity contribution in [3.63, 3.8) is 0 Å². The average Bonchev–Trinajstić information content (AvgIpc) is 3.11. The van der Waals surface area contributed by atoms with E-state index in [-0.39, 0.29) is 35.9 Å². The Morgan fingerprint density at radius 1 is 1.29 bits per heavy atom. The molecule has 0 bridgehead atoms. The van der Waals surface area contributed by atoms with Crippen LogP contribution in [0.4, 0.5) is 4.79 Å². The standard InChI is InChI=1S/C16H21NO5S.Li/c1-16(2,3)22-15(20)17-7-10(8-17)21-11-6-12(9-4-5-9)23-13(11)14(18)19;/h6,9-10H,4-5,7-8H2,1-3H3,(H,18,19);/q;+1/p-1. The van der Waals surface area contributed by atoms with Crippen LogP contribution in [0.15, 0.2) is 6.07 Å². The number of amides is 1. The molecule has 1 amide bonds. The molecule has 0 N–H and O–H groups in total. The van der Waals surface area contributed by atoms with E-state index in [4.69, 9.17) is 9.47 Å². The van der Waals surface area contributed by atoms with E-state index >= 15 is 0 Å². The van der Waals surface area contributed by atoms with E-state index < -0.39 is 11.6 Å². The van der Waals surface area contributed by atoms with E-state index in [1.807, 2.05) is 26.8 Å². The zero-order valence-corrected chi connectivity index (χ0v) is 15.3. The summed E-state index contributed by atoms with van der Waals surface area (Å²) < 4.78 is 11.0. The second-order valence-corrected chi connectivity index (χ2v) is 8.11. The van der Waals surface area contributed by atoms with Crippen LogP contribution in [0.2, 0.25) is 0 Å². The molecule has 0 radical (unpaired) electrons. The molecule has 126 valence electrons.